The second-order valence-electron chi connectivity index (χ2n) is 3.37. The van der Waals surface area contributed by atoms with E-state index in [1.807, 2.05) is 0 Å². The number of pyridine rings is 1. The van der Waals surface area contributed by atoms with Crippen molar-refractivity contribution in [3.8, 4) is 0 Å². The van der Waals surface area contributed by atoms with Crippen LogP contribution in [-0.4, -0.2) is 16.2 Å². The lowest BCUT2D eigenvalue weighted by Gasteiger charge is -2.16. The highest BCUT2D eigenvalue weighted by Gasteiger charge is 2.47. The van der Waals surface area contributed by atoms with E-state index >= 15 is 0 Å². The van der Waals surface area contributed by atoms with Crippen LogP contribution in [0.4, 0.5) is 4.79 Å². The Morgan fingerprint density at radius 2 is 2.36 bits per heavy atom. The fraction of sp³-hybridized carbons (Fsp3) is 0.333. The summed E-state index contributed by atoms with van der Waals surface area (Å²) in [5.41, 5.74) is 0.279. The highest BCUT2D eigenvalue weighted by atomic mass is 35.5. The predicted molar refractivity (Wildman–Crippen MR) is 51.3 cm³/mol. The minimum atomic E-state index is -1.03. The first kappa shape index (κ1) is 9.27. The van der Waals surface area contributed by atoms with Crippen molar-refractivity contribution in [3.05, 3.63) is 29.0 Å². The maximum absolute atomic E-state index is 10.6. The summed E-state index contributed by atoms with van der Waals surface area (Å²) in [5.74, 6) is 0. The van der Waals surface area contributed by atoms with Crippen molar-refractivity contribution in [1.29, 1.82) is 0 Å². The lowest BCUT2D eigenvalue weighted by Crippen LogP contribution is -2.33. The SMILES string of the molecule is O=C(O)NC1(c2cnccc2Cl)CC1. The number of carbonyl (C=O) groups is 1. The molecule has 0 unspecified atom stereocenters. The van der Waals surface area contributed by atoms with Crippen LogP contribution in [0, 0.1) is 0 Å². The van der Waals surface area contributed by atoms with Crippen molar-refractivity contribution in [2.24, 2.45) is 0 Å². The average Bonchev–Trinajstić information content (AvgIpc) is 2.85. The predicted octanol–water partition coefficient (Wildman–Crippen LogP) is 1.99. The number of halogens is 1. The molecule has 2 N–H and O–H groups in total. The fourth-order valence-electron chi connectivity index (χ4n) is 1.52. The van der Waals surface area contributed by atoms with Gasteiger partial charge < -0.3 is 10.4 Å². The van der Waals surface area contributed by atoms with Crippen LogP contribution in [-0.2, 0) is 5.54 Å². The molecule has 0 aromatic carbocycles. The Bertz CT molecular complexity index is 377. The van der Waals surface area contributed by atoms with Gasteiger partial charge in [-0.05, 0) is 18.9 Å². The van der Waals surface area contributed by atoms with Crippen molar-refractivity contribution < 1.29 is 9.90 Å². The third-order valence-electron chi connectivity index (χ3n) is 2.38. The van der Waals surface area contributed by atoms with Crippen molar-refractivity contribution in [1.82, 2.24) is 10.3 Å². The van der Waals surface area contributed by atoms with Crippen molar-refractivity contribution in [2.75, 3.05) is 0 Å². The Balaban J connectivity index is 2.31. The van der Waals surface area contributed by atoms with Crippen molar-refractivity contribution in [2.45, 2.75) is 18.4 Å². The van der Waals surface area contributed by atoms with Gasteiger partial charge in [0.25, 0.3) is 0 Å². The topological polar surface area (TPSA) is 62.2 Å². The second kappa shape index (κ2) is 3.13. The number of amides is 1. The molecule has 0 spiro atoms. The molecule has 0 aliphatic heterocycles. The van der Waals surface area contributed by atoms with Gasteiger partial charge >= 0.3 is 6.09 Å². The first-order valence-electron chi connectivity index (χ1n) is 4.25. The molecule has 1 aliphatic carbocycles. The molecule has 14 heavy (non-hydrogen) atoms. The molecule has 1 fully saturated rings. The largest absolute Gasteiger partial charge is 0.465 e. The summed E-state index contributed by atoms with van der Waals surface area (Å²) in [4.78, 5) is 14.5. The van der Waals surface area contributed by atoms with Crippen LogP contribution in [0.3, 0.4) is 0 Å². The zero-order chi connectivity index (χ0) is 10.2. The maximum atomic E-state index is 10.6. The van der Waals surface area contributed by atoms with Crippen LogP contribution >= 0.6 is 11.6 Å². The van der Waals surface area contributed by atoms with Crippen LogP contribution in [0.5, 0.6) is 0 Å². The highest BCUT2D eigenvalue weighted by molar-refractivity contribution is 6.31. The van der Waals surface area contributed by atoms with Crippen LogP contribution in [0.2, 0.25) is 5.02 Å². The Labute approximate surface area is 85.9 Å². The van der Waals surface area contributed by atoms with Gasteiger partial charge in [0, 0.05) is 23.0 Å². The average molecular weight is 213 g/mol. The van der Waals surface area contributed by atoms with Gasteiger partial charge in [0.2, 0.25) is 0 Å². The Kier molecular flexibility index (Phi) is 2.07. The summed E-state index contributed by atoms with van der Waals surface area (Å²) >= 11 is 5.96. The van der Waals surface area contributed by atoms with Gasteiger partial charge in [0.15, 0.2) is 0 Å². The first-order chi connectivity index (χ1) is 6.64. The van der Waals surface area contributed by atoms with E-state index in [1.54, 1.807) is 18.5 Å². The standard InChI is InChI=1S/C9H9ClN2O2/c10-7-1-4-11-5-6(7)9(2-3-9)12-8(13)14/h1,4-5,12H,2-3H2,(H,13,14). The van der Waals surface area contributed by atoms with Crippen molar-refractivity contribution in [3.63, 3.8) is 0 Å². The Hall–Kier alpha value is -1.29. The Morgan fingerprint density at radius 1 is 1.64 bits per heavy atom. The molecule has 2 rings (SSSR count). The molecule has 1 aromatic heterocycles. The quantitative estimate of drug-likeness (QED) is 0.788. The molecular formula is C9H9ClN2O2. The van der Waals surface area contributed by atoms with E-state index in [-0.39, 0.29) is 0 Å². The molecule has 0 bridgehead atoms. The molecule has 5 heteroatoms. The summed E-state index contributed by atoms with van der Waals surface area (Å²) in [6.45, 7) is 0. The number of aromatic nitrogens is 1. The number of rotatable bonds is 2. The van der Waals surface area contributed by atoms with Gasteiger partial charge in [0.1, 0.15) is 0 Å². The number of nitrogens with zero attached hydrogens (tertiary/aromatic N) is 1. The molecule has 0 radical (unpaired) electrons. The zero-order valence-corrected chi connectivity index (χ0v) is 8.08. The molecule has 0 atom stereocenters. The summed E-state index contributed by atoms with van der Waals surface area (Å²) in [5, 5.41) is 11.7. The number of hydrogen-bond donors (Lipinski definition) is 2. The van der Waals surface area contributed by atoms with Crippen LogP contribution in [0.15, 0.2) is 18.5 Å². The number of nitrogens with one attached hydrogen (secondary N) is 1. The number of hydrogen-bond acceptors (Lipinski definition) is 2. The van der Waals surface area contributed by atoms with Crippen molar-refractivity contribution >= 4 is 17.7 Å². The molecule has 4 nitrogen and oxygen atoms in total. The van der Waals surface area contributed by atoms with Crippen LogP contribution < -0.4 is 5.32 Å². The minimum Gasteiger partial charge on any atom is -0.465 e. The Morgan fingerprint density at radius 3 is 2.86 bits per heavy atom. The minimum absolute atomic E-state index is 0.489. The first-order valence-corrected chi connectivity index (χ1v) is 4.63. The van der Waals surface area contributed by atoms with E-state index in [2.05, 4.69) is 10.3 Å². The van der Waals surface area contributed by atoms with Crippen LogP contribution in [0.25, 0.3) is 0 Å². The highest BCUT2D eigenvalue weighted by Crippen LogP contribution is 2.47. The summed E-state index contributed by atoms with van der Waals surface area (Å²) < 4.78 is 0. The van der Waals surface area contributed by atoms with Gasteiger partial charge in [-0.25, -0.2) is 4.79 Å². The summed E-state index contributed by atoms with van der Waals surface area (Å²) in [6.07, 6.45) is 3.74. The third-order valence-corrected chi connectivity index (χ3v) is 2.71. The van der Waals surface area contributed by atoms with E-state index in [4.69, 9.17) is 16.7 Å². The monoisotopic (exact) mass is 212 g/mol. The van der Waals surface area contributed by atoms with Gasteiger partial charge in [-0.3, -0.25) is 4.98 Å². The van der Waals surface area contributed by atoms with Gasteiger partial charge in [-0.2, -0.15) is 0 Å². The molecule has 0 saturated heterocycles. The number of carboxylic acid groups (broad SMARTS) is 1. The summed E-state index contributed by atoms with van der Waals surface area (Å²) in [7, 11) is 0. The van der Waals surface area contributed by atoms with E-state index in [0.717, 1.165) is 18.4 Å². The van der Waals surface area contributed by atoms with Gasteiger partial charge in [-0.1, -0.05) is 11.6 Å². The summed E-state index contributed by atoms with van der Waals surface area (Å²) in [6, 6.07) is 1.67. The molecule has 1 aliphatic rings. The molecule has 74 valence electrons. The normalized spacial score (nSPS) is 17.5. The molecule has 1 saturated carbocycles. The maximum Gasteiger partial charge on any atom is 0.405 e. The lowest BCUT2D eigenvalue weighted by atomic mass is 10.1. The third kappa shape index (κ3) is 1.53. The van der Waals surface area contributed by atoms with E-state index in [0.29, 0.717) is 5.02 Å². The fourth-order valence-corrected chi connectivity index (χ4v) is 1.81. The molecule has 1 amide bonds. The molecular weight excluding hydrogens is 204 g/mol. The van der Waals surface area contributed by atoms with E-state index in [9.17, 15) is 4.79 Å². The van der Waals surface area contributed by atoms with Crippen LogP contribution in [0.1, 0.15) is 18.4 Å². The van der Waals surface area contributed by atoms with Gasteiger partial charge in [-0.15, -0.1) is 0 Å². The molecule has 1 aromatic rings. The van der Waals surface area contributed by atoms with E-state index < -0.39 is 11.6 Å². The molecule has 1 heterocycles. The lowest BCUT2D eigenvalue weighted by molar-refractivity contribution is 0.188. The zero-order valence-electron chi connectivity index (χ0n) is 7.33. The van der Waals surface area contributed by atoms with E-state index in [1.165, 1.54) is 0 Å². The smallest absolute Gasteiger partial charge is 0.405 e. The second-order valence-corrected chi connectivity index (χ2v) is 3.77. The van der Waals surface area contributed by atoms with Gasteiger partial charge in [0.05, 0.1) is 5.54 Å².